The molecule has 158 valence electrons. The van der Waals surface area contributed by atoms with Gasteiger partial charge >= 0.3 is 0 Å². The van der Waals surface area contributed by atoms with Crippen molar-refractivity contribution >= 4 is 46.9 Å². The smallest absolute Gasteiger partial charge is 0.256 e. The van der Waals surface area contributed by atoms with Crippen LogP contribution in [-0.2, 0) is 26.6 Å². The number of aromatic nitrogens is 1. The Morgan fingerprint density at radius 1 is 0.710 bits per heavy atom. The van der Waals surface area contributed by atoms with E-state index in [9.17, 15) is 16.8 Å². The normalized spacial score (nSPS) is 12.3. The molecule has 0 bridgehead atoms. The summed E-state index contributed by atoms with van der Waals surface area (Å²) in [5, 5.41) is 0.758. The molecular weight excluding hydrogens is 500 g/mol. The van der Waals surface area contributed by atoms with E-state index in [1.54, 1.807) is 60.8 Å². The first kappa shape index (κ1) is 21.6. The maximum atomic E-state index is 13.5. The predicted molar refractivity (Wildman–Crippen MR) is 122 cm³/mol. The molecule has 0 saturated heterocycles. The van der Waals surface area contributed by atoms with E-state index in [1.165, 1.54) is 24.3 Å². The molecule has 0 amide bonds. The van der Waals surface area contributed by atoms with Gasteiger partial charge in [0.2, 0.25) is 0 Å². The highest BCUT2D eigenvalue weighted by Crippen LogP contribution is 2.30. The molecule has 9 heteroatoms. The molecule has 0 fully saturated rings. The van der Waals surface area contributed by atoms with Gasteiger partial charge in [-0.1, -0.05) is 68.2 Å². The van der Waals surface area contributed by atoms with Crippen molar-refractivity contribution in [3.8, 4) is 0 Å². The van der Waals surface area contributed by atoms with E-state index < -0.39 is 26.6 Å². The Morgan fingerprint density at radius 2 is 1.26 bits per heavy atom. The van der Waals surface area contributed by atoms with E-state index in [-0.39, 0.29) is 9.79 Å². The van der Waals surface area contributed by atoms with Crippen molar-refractivity contribution in [2.45, 2.75) is 16.3 Å². The van der Waals surface area contributed by atoms with Gasteiger partial charge in [-0.25, -0.2) is 16.8 Å². The van der Waals surface area contributed by atoms with Crippen LogP contribution in [0.3, 0.4) is 0 Å². The Balaban J connectivity index is 1.92. The number of fused-ring (bicyclic) bond motifs is 1. The molecule has 31 heavy (non-hydrogen) atoms. The first-order valence-corrected chi connectivity index (χ1v) is 12.9. The molecule has 0 N–H and O–H groups in total. The lowest BCUT2D eigenvalue weighted by atomic mass is 10.1. The summed E-state index contributed by atoms with van der Waals surface area (Å²) in [5.41, 5.74) is 0.992. The van der Waals surface area contributed by atoms with Crippen LogP contribution >= 0.6 is 15.9 Å². The third-order valence-electron chi connectivity index (χ3n) is 4.72. The number of pyridine rings is 1. The number of rotatable bonds is 6. The van der Waals surface area contributed by atoms with Crippen LogP contribution in [0, 0.1) is 0 Å². The minimum absolute atomic E-state index is 0.108. The fourth-order valence-corrected chi connectivity index (χ4v) is 7.27. The quantitative estimate of drug-likeness (QED) is 0.374. The Hall–Kier alpha value is -2.59. The number of hydrogen-bond acceptors (Lipinski definition) is 5. The summed E-state index contributed by atoms with van der Waals surface area (Å²) in [7, 11) is -8.76. The van der Waals surface area contributed by atoms with Gasteiger partial charge in [-0.3, -0.25) is 4.98 Å². The summed E-state index contributed by atoms with van der Waals surface area (Å²) in [4.78, 5) is 4.14. The standard InChI is InChI=1S/C22H17BrN2O4S2/c23-21-14-13-17(22-20(21)12-7-15-24-22)16-25(30(26,27)18-8-3-1-4-9-18)31(28,29)19-10-5-2-6-11-19/h1-15H,16H2. The zero-order valence-electron chi connectivity index (χ0n) is 16.1. The van der Waals surface area contributed by atoms with E-state index in [0.717, 1.165) is 9.86 Å². The Labute approximate surface area is 189 Å². The second-order valence-corrected chi connectivity index (χ2v) is 11.5. The van der Waals surface area contributed by atoms with Crippen LogP contribution in [-0.4, -0.2) is 25.5 Å². The minimum Gasteiger partial charge on any atom is -0.256 e. The molecule has 0 aliphatic carbocycles. The molecule has 0 radical (unpaired) electrons. The van der Waals surface area contributed by atoms with Crippen molar-refractivity contribution in [2.75, 3.05) is 0 Å². The fraction of sp³-hybridized carbons (Fsp3) is 0.0455. The SMILES string of the molecule is O=S(=O)(c1ccccc1)N(Cc1ccc(Br)c2cccnc12)S(=O)(=O)c1ccccc1. The molecule has 6 nitrogen and oxygen atoms in total. The Bertz CT molecular complexity index is 1370. The number of sulfonamides is 2. The van der Waals surface area contributed by atoms with Gasteiger partial charge < -0.3 is 0 Å². The van der Waals surface area contributed by atoms with E-state index in [1.807, 2.05) is 6.07 Å². The molecule has 0 aliphatic heterocycles. The van der Waals surface area contributed by atoms with Crippen LogP contribution in [0.15, 0.2) is 105 Å². The van der Waals surface area contributed by atoms with E-state index in [0.29, 0.717) is 14.8 Å². The van der Waals surface area contributed by atoms with Crippen molar-refractivity contribution < 1.29 is 16.8 Å². The zero-order chi connectivity index (χ0) is 22.1. The summed E-state index contributed by atoms with van der Waals surface area (Å²) in [6.45, 7) is -0.394. The highest BCUT2D eigenvalue weighted by atomic mass is 79.9. The molecule has 4 aromatic rings. The second-order valence-electron chi connectivity index (χ2n) is 6.67. The Morgan fingerprint density at radius 3 is 1.81 bits per heavy atom. The number of hydrogen-bond donors (Lipinski definition) is 0. The predicted octanol–water partition coefficient (Wildman–Crippen LogP) is 4.58. The van der Waals surface area contributed by atoms with Crippen LogP contribution in [0.5, 0.6) is 0 Å². The molecule has 3 aromatic carbocycles. The van der Waals surface area contributed by atoms with Crippen LogP contribution in [0.1, 0.15) is 5.56 Å². The van der Waals surface area contributed by atoms with Crippen LogP contribution in [0.2, 0.25) is 0 Å². The number of halogens is 1. The topological polar surface area (TPSA) is 84.4 Å². The van der Waals surface area contributed by atoms with Crippen molar-refractivity contribution in [1.29, 1.82) is 0 Å². The lowest BCUT2D eigenvalue weighted by Crippen LogP contribution is -2.36. The lowest BCUT2D eigenvalue weighted by molar-refractivity contribution is 0.495. The molecule has 0 aliphatic rings. The van der Waals surface area contributed by atoms with E-state index in [2.05, 4.69) is 20.9 Å². The fourth-order valence-electron chi connectivity index (χ4n) is 3.18. The average molecular weight is 517 g/mol. The third kappa shape index (κ3) is 4.14. The van der Waals surface area contributed by atoms with Gasteiger partial charge in [-0.2, -0.15) is 0 Å². The molecule has 0 spiro atoms. The van der Waals surface area contributed by atoms with Gasteiger partial charge in [0, 0.05) is 16.1 Å². The number of nitrogens with zero attached hydrogens (tertiary/aromatic N) is 2. The van der Waals surface area contributed by atoms with E-state index >= 15 is 0 Å². The van der Waals surface area contributed by atoms with Gasteiger partial charge in [0.05, 0.1) is 21.9 Å². The molecular formula is C22H17BrN2O4S2. The summed E-state index contributed by atoms with van der Waals surface area (Å²) in [5.74, 6) is 0. The summed E-state index contributed by atoms with van der Waals surface area (Å²) >= 11 is 3.46. The maximum Gasteiger partial charge on any atom is 0.256 e. The largest absolute Gasteiger partial charge is 0.256 e. The molecule has 4 rings (SSSR count). The van der Waals surface area contributed by atoms with Gasteiger partial charge in [-0.15, -0.1) is 0 Å². The van der Waals surface area contributed by atoms with Gasteiger partial charge in [0.25, 0.3) is 20.0 Å². The van der Waals surface area contributed by atoms with Gasteiger partial charge in [-0.05, 0) is 42.0 Å². The second kappa shape index (κ2) is 8.51. The molecule has 1 aromatic heterocycles. The first-order chi connectivity index (χ1) is 14.8. The summed E-state index contributed by atoms with van der Waals surface area (Å²) < 4.78 is 55.2. The highest BCUT2D eigenvalue weighted by molar-refractivity contribution is 9.10. The molecule has 0 unspecified atom stereocenters. The maximum absolute atomic E-state index is 13.5. The van der Waals surface area contributed by atoms with Crippen LogP contribution in [0.4, 0.5) is 0 Å². The van der Waals surface area contributed by atoms with Gasteiger partial charge in [0.15, 0.2) is 0 Å². The van der Waals surface area contributed by atoms with Gasteiger partial charge in [0.1, 0.15) is 0 Å². The zero-order valence-corrected chi connectivity index (χ0v) is 19.3. The van der Waals surface area contributed by atoms with Crippen molar-refractivity contribution in [3.63, 3.8) is 0 Å². The van der Waals surface area contributed by atoms with Crippen LogP contribution in [0.25, 0.3) is 10.9 Å². The van der Waals surface area contributed by atoms with Crippen LogP contribution < -0.4 is 0 Å². The van der Waals surface area contributed by atoms with E-state index in [4.69, 9.17) is 0 Å². The molecule has 0 saturated carbocycles. The van der Waals surface area contributed by atoms with Crippen molar-refractivity contribution in [2.24, 2.45) is 0 Å². The van der Waals surface area contributed by atoms with Crippen molar-refractivity contribution in [1.82, 2.24) is 8.69 Å². The summed E-state index contributed by atoms with van der Waals surface area (Å²) in [6.07, 6.45) is 1.58. The molecule has 1 heterocycles. The number of benzene rings is 3. The lowest BCUT2D eigenvalue weighted by Gasteiger charge is -2.23. The average Bonchev–Trinajstić information content (AvgIpc) is 2.80. The summed E-state index contributed by atoms with van der Waals surface area (Å²) in [6, 6.07) is 22.1. The monoisotopic (exact) mass is 516 g/mol. The highest BCUT2D eigenvalue weighted by Gasteiger charge is 2.37. The molecule has 0 atom stereocenters. The minimum atomic E-state index is -4.38. The first-order valence-electron chi connectivity index (χ1n) is 9.22. The van der Waals surface area contributed by atoms with Crippen molar-refractivity contribution in [3.05, 3.63) is 101 Å². The Kier molecular flexibility index (Phi) is 5.94. The third-order valence-corrected chi connectivity index (χ3v) is 9.65.